The summed E-state index contributed by atoms with van der Waals surface area (Å²) in [5.74, 6) is 0.215. The van der Waals surface area contributed by atoms with Crippen LogP contribution in [-0.4, -0.2) is 31.3 Å². The quantitative estimate of drug-likeness (QED) is 0.499. The van der Waals surface area contributed by atoms with Crippen LogP contribution in [0.5, 0.6) is 5.75 Å². The molecule has 1 amide bonds. The molecule has 16 heavy (non-hydrogen) atoms. The van der Waals surface area contributed by atoms with Gasteiger partial charge in [0.2, 0.25) is 0 Å². The van der Waals surface area contributed by atoms with Crippen LogP contribution in [0.3, 0.4) is 0 Å². The predicted octanol–water partition coefficient (Wildman–Crippen LogP) is 0.390. The number of nitrogens with one attached hydrogen (secondary N) is 1. The summed E-state index contributed by atoms with van der Waals surface area (Å²) in [6, 6.07) is 4.86. The van der Waals surface area contributed by atoms with Gasteiger partial charge in [0, 0.05) is 31.8 Å². The first kappa shape index (κ1) is 12.3. The van der Waals surface area contributed by atoms with Crippen molar-refractivity contribution in [2.45, 2.75) is 6.42 Å². The molecule has 5 heteroatoms. The lowest BCUT2D eigenvalue weighted by molar-refractivity contribution is 0.0959. The first-order chi connectivity index (χ1) is 7.69. The molecule has 0 fully saturated rings. The molecule has 0 atom stereocenters. The standard InChI is InChI=1S/C11H16N2O3/c1-13-11(15)9-4-3-8(12)7-10(9)16-6-2-5-14/h3-4,7,14H,2,5-6,12H2,1H3,(H,13,15). The zero-order chi connectivity index (χ0) is 12.0. The second-order valence-corrected chi connectivity index (χ2v) is 3.26. The van der Waals surface area contributed by atoms with Crippen LogP contribution in [0, 0.1) is 0 Å². The molecule has 0 heterocycles. The molecule has 0 radical (unpaired) electrons. The summed E-state index contributed by atoms with van der Waals surface area (Å²) in [6.07, 6.45) is 0.516. The van der Waals surface area contributed by atoms with Gasteiger partial charge < -0.3 is 20.9 Å². The molecule has 1 aromatic rings. The van der Waals surface area contributed by atoms with E-state index in [1.165, 1.54) is 0 Å². The molecule has 0 aromatic heterocycles. The van der Waals surface area contributed by atoms with Crippen molar-refractivity contribution >= 4 is 11.6 Å². The Morgan fingerprint density at radius 2 is 2.31 bits per heavy atom. The van der Waals surface area contributed by atoms with Crippen LogP contribution >= 0.6 is 0 Å². The number of carbonyl (C=O) groups excluding carboxylic acids is 1. The van der Waals surface area contributed by atoms with E-state index in [0.717, 1.165) is 0 Å². The highest BCUT2D eigenvalue weighted by atomic mass is 16.5. The second-order valence-electron chi connectivity index (χ2n) is 3.26. The Balaban J connectivity index is 2.85. The Kier molecular flexibility index (Phi) is 4.60. The third kappa shape index (κ3) is 3.13. The number of aliphatic hydroxyl groups is 1. The van der Waals surface area contributed by atoms with E-state index in [1.54, 1.807) is 25.2 Å². The van der Waals surface area contributed by atoms with Crippen LogP contribution in [0.15, 0.2) is 18.2 Å². The average molecular weight is 224 g/mol. The van der Waals surface area contributed by atoms with E-state index in [1.807, 2.05) is 0 Å². The Morgan fingerprint density at radius 1 is 1.56 bits per heavy atom. The van der Waals surface area contributed by atoms with Gasteiger partial charge >= 0.3 is 0 Å². The fourth-order valence-corrected chi connectivity index (χ4v) is 1.23. The summed E-state index contributed by atoms with van der Waals surface area (Å²) in [6.45, 7) is 0.404. The number of nitrogens with two attached hydrogens (primary N) is 1. The van der Waals surface area contributed by atoms with Crippen LogP contribution in [-0.2, 0) is 0 Å². The smallest absolute Gasteiger partial charge is 0.254 e. The van der Waals surface area contributed by atoms with Crippen LogP contribution < -0.4 is 15.8 Å². The number of rotatable bonds is 5. The largest absolute Gasteiger partial charge is 0.493 e. The minimum atomic E-state index is -0.223. The highest BCUT2D eigenvalue weighted by molar-refractivity contribution is 5.97. The summed E-state index contributed by atoms with van der Waals surface area (Å²) in [5, 5.41) is 11.2. The van der Waals surface area contributed by atoms with Gasteiger partial charge in [-0.2, -0.15) is 0 Å². The Morgan fingerprint density at radius 3 is 2.94 bits per heavy atom. The van der Waals surface area contributed by atoms with Crippen LogP contribution in [0.2, 0.25) is 0 Å². The lowest BCUT2D eigenvalue weighted by Gasteiger charge is -2.10. The number of benzene rings is 1. The molecule has 4 N–H and O–H groups in total. The maximum atomic E-state index is 11.5. The van der Waals surface area contributed by atoms with Crippen molar-refractivity contribution in [2.75, 3.05) is 26.0 Å². The summed E-state index contributed by atoms with van der Waals surface area (Å²) >= 11 is 0. The fourth-order valence-electron chi connectivity index (χ4n) is 1.23. The minimum Gasteiger partial charge on any atom is -0.493 e. The van der Waals surface area contributed by atoms with Gasteiger partial charge in [-0.15, -0.1) is 0 Å². The molecule has 0 spiro atoms. The minimum absolute atomic E-state index is 0.0532. The van der Waals surface area contributed by atoms with Crippen LogP contribution in [0.1, 0.15) is 16.8 Å². The first-order valence-electron chi connectivity index (χ1n) is 5.04. The van der Waals surface area contributed by atoms with Crippen molar-refractivity contribution in [3.05, 3.63) is 23.8 Å². The molecule has 5 nitrogen and oxygen atoms in total. The number of nitrogen functional groups attached to an aromatic ring is 1. The molecule has 0 unspecified atom stereocenters. The van der Waals surface area contributed by atoms with Crippen LogP contribution in [0.25, 0.3) is 0 Å². The van der Waals surface area contributed by atoms with Crippen LogP contribution in [0.4, 0.5) is 5.69 Å². The van der Waals surface area contributed by atoms with E-state index < -0.39 is 0 Å². The second kappa shape index (κ2) is 5.97. The van der Waals surface area contributed by atoms with E-state index in [4.69, 9.17) is 15.6 Å². The van der Waals surface area contributed by atoms with Gasteiger partial charge in [0.15, 0.2) is 0 Å². The van der Waals surface area contributed by atoms with Gasteiger partial charge in [-0.1, -0.05) is 0 Å². The van der Waals surface area contributed by atoms with E-state index in [0.29, 0.717) is 30.0 Å². The van der Waals surface area contributed by atoms with Crippen molar-refractivity contribution < 1.29 is 14.6 Å². The Hall–Kier alpha value is -1.75. The number of amides is 1. The molecule has 0 bridgehead atoms. The Labute approximate surface area is 94.2 Å². The van der Waals surface area contributed by atoms with Gasteiger partial charge in [-0.3, -0.25) is 4.79 Å². The third-order valence-corrected chi connectivity index (χ3v) is 2.04. The number of hydrogen-bond acceptors (Lipinski definition) is 4. The highest BCUT2D eigenvalue weighted by Gasteiger charge is 2.11. The maximum absolute atomic E-state index is 11.5. The van der Waals surface area contributed by atoms with Crippen molar-refractivity contribution in [3.63, 3.8) is 0 Å². The number of aliphatic hydroxyl groups excluding tert-OH is 1. The van der Waals surface area contributed by atoms with Gasteiger partial charge in [-0.05, 0) is 12.1 Å². The summed E-state index contributed by atoms with van der Waals surface area (Å²) < 4.78 is 5.38. The van der Waals surface area contributed by atoms with Gasteiger partial charge in [0.1, 0.15) is 5.75 Å². The van der Waals surface area contributed by atoms with E-state index >= 15 is 0 Å². The third-order valence-electron chi connectivity index (χ3n) is 2.04. The van der Waals surface area contributed by atoms with Gasteiger partial charge in [-0.25, -0.2) is 0 Å². The fraction of sp³-hybridized carbons (Fsp3) is 0.364. The number of ether oxygens (including phenoxy) is 1. The summed E-state index contributed by atoms with van der Waals surface area (Å²) in [5.41, 5.74) is 6.59. The van der Waals surface area contributed by atoms with Crippen molar-refractivity contribution in [1.29, 1.82) is 0 Å². The van der Waals surface area contributed by atoms with E-state index in [2.05, 4.69) is 5.32 Å². The van der Waals surface area contributed by atoms with Crippen molar-refractivity contribution in [2.24, 2.45) is 0 Å². The molecule has 0 saturated heterocycles. The SMILES string of the molecule is CNC(=O)c1ccc(N)cc1OCCCO. The normalized spacial score (nSPS) is 9.88. The first-order valence-corrected chi connectivity index (χ1v) is 5.04. The molecular formula is C11H16N2O3. The molecule has 0 aliphatic heterocycles. The topological polar surface area (TPSA) is 84.6 Å². The number of hydrogen-bond donors (Lipinski definition) is 3. The molecule has 0 saturated carbocycles. The lowest BCUT2D eigenvalue weighted by atomic mass is 10.1. The monoisotopic (exact) mass is 224 g/mol. The Bertz CT molecular complexity index is 366. The molecular weight excluding hydrogens is 208 g/mol. The summed E-state index contributed by atoms with van der Waals surface area (Å²) in [7, 11) is 1.55. The summed E-state index contributed by atoms with van der Waals surface area (Å²) in [4.78, 5) is 11.5. The molecule has 88 valence electrons. The van der Waals surface area contributed by atoms with Crippen molar-refractivity contribution in [3.8, 4) is 5.75 Å². The number of carbonyl (C=O) groups is 1. The highest BCUT2D eigenvalue weighted by Crippen LogP contribution is 2.21. The number of anilines is 1. The maximum Gasteiger partial charge on any atom is 0.254 e. The van der Waals surface area contributed by atoms with E-state index in [-0.39, 0.29) is 12.5 Å². The zero-order valence-electron chi connectivity index (χ0n) is 9.19. The molecule has 0 aliphatic rings. The molecule has 1 aromatic carbocycles. The molecule has 1 rings (SSSR count). The lowest BCUT2D eigenvalue weighted by Crippen LogP contribution is -2.19. The molecule has 0 aliphatic carbocycles. The van der Waals surface area contributed by atoms with Gasteiger partial charge in [0.05, 0.1) is 12.2 Å². The predicted molar refractivity (Wildman–Crippen MR) is 61.4 cm³/mol. The van der Waals surface area contributed by atoms with Crippen molar-refractivity contribution in [1.82, 2.24) is 5.32 Å². The zero-order valence-corrected chi connectivity index (χ0v) is 9.19. The van der Waals surface area contributed by atoms with Gasteiger partial charge in [0.25, 0.3) is 5.91 Å². The average Bonchev–Trinajstić information content (AvgIpc) is 2.29. The van der Waals surface area contributed by atoms with E-state index in [9.17, 15) is 4.79 Å².